The highest BCUT2D eigenvalue weighted by Crippen LogP contribution is 2.30. The van der Waals surface area contributed by atoms with Gasteiger partial charge in [-0.2, -0.15) is 5.26 Å². The van der Waals surface area contributed by atoms with Crippen LogP contribution in [0.2, 0.25) is 0 Å². The van der Waals surface area contributed by atoms with Crippen LogP contribution in [0.25, 0.3) is 0 Å². The number of carbonyl (C=O) groups excluding carboxylic acids is 2. The number of fused-ring (bicyclic) bond motifs is 1. The Morgan fingerprint density at radius 3 is 2.38 bits per heavy atom. The molecule has 0 aromatic heterocycles. The summed E-state index contributed by atoms with van der Waals surface area (Å²) < 4.78 is 0. The molecule has 2 unspecified atom stereocenters. The molecule has 2 saturated heterocycles. The zero-order valence-corrected chi connectivity index (χ0v) is 16.5. The average Bonchev–Trinajstić information content (AvgIpc) is 2.76. The third kappa shape index (κ3) is 3.87. The van der Waals surface area contributed by atoms with Crippen molar-refractivity contribution >= 4 is 11.9 Å². The van der Waals surface area contributed by atoms with Crippen LogP contribution in [0.3, 0.4) is 0 Å². The van der Waals surface area contributed by atoms with Crippen LogP contribution < -0.4 is 5.32 Å². The summed E-state index contributed by atoms with van der Waals surface area (Å²) in [5.74, 6) is -0.325. The number of rotatable bonds is 4. The van der Waals surface area contributed by atoms with E-state index in [0.29, 0.717) is 12.1 Å². The van der Waals surface area contributed by atoms with Gasteiger partial charge >= 0.3 is 6.03 Å². The molecular weight excluding hydrogens is 364 g/mol. The minimum atomic E-state index is -0.284. The van der Waals surface area contributed by atoms with Gasteiger partial charge in [0.25, 0.3) is 0 Å². The highest BCUT2D eigenvalue weighted by Gasteiger charge is 2.46. The molecular formula is C23H24N4O2. The number of hydrogen-bond donors (Lipinski definition) is 1. The number of nitrogens with zero attached hydrogens (tertiary/aromatic N) is 3. The van der Waals surface area contributed by atoms with Crippen molar-refractivity contribution in [1.29, 1.82) is 5.26 Å². The maximum absolute atomic E-state index is 13.3. The molecule has 29 heavy (non-hydrogen) atoms. The van der Waals surface area contributed by atoms with E-state index in [1.807, 2.05) is 43.3 Å². The van der Waals surface area contributed by atoms with Gasteiger partial charge in [0.05, 0.1) is 30.3 Å². The molecule has 2 aromatic rings. The fourth-order valence-electron chi connectivity index (χ4n) is 4.10. The van der Waals surface area contributed by atoms with Crippen molar-refractivity contribution in [2.45, 2.75) is 39.0 Å². The van der Waals surface area contributed by atoms with E-state index in [1.54, 1.807) is 17.0 Å². The van der Waals surface area contributed by atoms with Gasteiger partial charge in [-0.1, -0.05) is 42.0 Å². The number of urea groups is 1. The second-order valence-electron chi connectivity index (χ2n) is 7.78. The molecule has 0 radical (unpaired) electrons. The van der Waals surface area contributed by atoms with Crippen LogP contribution in [0.5, 0.6) is 0 Å². The molecule has 148 valence electrons. The molecule has 2 heterocycles. The molecule has 1 N–H and O–H groups in total. The molecule has 6 nitrogen and oxygen atoms in total. The van der Waals surface area contributed by atoms with E-state index in [9.17, 15) is 9.59 Å². The molecule has 2 aliphatic heterocycles. The lowest BCUT2D eigenvalue weighted by atomic mass is 9.91. The molecule has 0 bridgehead atoms. The maximum Gasteiger partial charge on any atom is 0.328 e. The monoisotopic (exact) mass is 388 g/mol. The van der Waals surface area contributed by atoms with Gasteiger partial charge < -0.3 is 4.90 Å². The zero-order chi connectivity index (χ0) is 20.4. The Balaban J connectivity index is 1.61. The first-order valence-electron chi connectivity index (χ1n) is 9.97. The van der Waals surface area contributed by atoms with Crippen molar-refractivity contribution in [3.8, 4) is 6.07 Å². The fourth-order valence-corrected chi connectivity index (χ4v) is 4.10. The molecule has 6 heteroatoms. The number of nitrogens with one attached hydrogen (secondary N) is 1. The van der Waals surface area contributed by atoms with Crippen LogP contribution in [-0.2, 0) is 17.9 Å². The number of benzene rings is 2. The first-order valence-corrected chi connectivity index (χ1v) is 9.97. The molecule has 4 rings (SSSR count). The third-order valence-electron chi connectivity index (χ3n) is 5.72. The number of hydrogen-bond acceptors (Lipinski definition) is 4. The normalized spacial score (nSPS) is 21.7. The molecule has 2 atom stereocenters. The second kappa shape index (κ2) is 8.06. The van der Waals surface area contributed by atoms with Gasteiger partial charge in [0.15, 0.2) is 0 Å². The second-order valence-corrected chi connectivity index (χ2v) is 7.78. The molecule has 0 aliphatic carbocycles. The van der Waals surface area contributed by atoms with E-state index in [4.69, 9.17) is 5.26 Å². The van der Waals surface area contributed by atoms with Crippen LogP contribution >= 0.6 is 0 Å². The minimum Gasteiger partial charge on any atom is -0.304 e. The van der Waals surface area contributed by atoms with Crippen LogP contribution in [-0.4, -0.2) is 34.4 Å². The fraction of sp³-hybridized carbons (Fsp3) is 0.348. The number of imide groups is 1. The van der Waals surface area contributed by atoms with Crippen molar-refractivity contribution in [1.82, 2.24) is 15.1 Å². The molecule has 2 aliphatic rings. The number of piperidine rings is 1. The summed E-state index contributed by atoms with van der Waals surface area (Å²) in [5, 5.41) is 12.4. The Kier molecular flexibility index (Phi) is 5.32. The van der Waals surface area contributed by atoms with Gasteiger partial charge in [0.1, 0.15) is 0 Å². The number of carbonyl (C=O) groups is 2. The van der Waals surface area contributed by atoms with E-state index >= 15 is 0 Å². The van der Waals surface area contributed by atoms with Crippen molar-refractivity contribution in [2.75, 3.05) is 6.54 Å². The Labute approximate surface area is 170 Å². The van der Waals surface area contributed by atoms with Crippen LogP contribution in [0.4, 0.5) is 4.79 Å². The van der Waals surface area contributed by atoms with Crippen molar-refractivity contribution < 1.29 is 9.59 Å². The van der Waals surface area contributed by atoms with E-state index in [2.05, 4.69) is 11.4 Å². The Bertz CT molecular complexity index is 946. The van der Waals surface area contributed by atoms with Gasteiger partial charge in [0, 0.05) is 6.54 Å². The van der Waals surface area contributed by atoms with Gasteiger partial charge in [-0.3, -0.25) is 15.0 Å². The lowest BCUT2D eigenvalue weighted by Crippen LogP contribution is -2.66. The van der Waals surface area contributed by atoms with Gasteiger partial charge in [-0.05, 0) is 49.6 Å². The number of nitriles is 1. The van der Waals surface area contributed by atoms with Crippen LogP contribution in [0, 0.1) is 24.2 Å². The highest BCUT2D eigenvalue weighted by molar-refractivity contribution is 5.98. The smallest absolute Gasteiger partial charge is 0.304 e. The largest absolute Gasteiger partial charge is 0.328 e. The van der Waals surface area contributed by atoms with E-state index in [-0.39, 0.29) is 30.6 Å². The molecule has 2 fully saturated rings. The van der Waals surface area contributed by atoms with Crippen molar-refractivity contribution in [3.63, 3.8) is 0 Å². The summed E-state index contributed by atoms with van der Waals surface area (Å²) in [6.07, 6.45) is 1.41. The predicted molar refractivity (Wildman–Crippen MR) is 108 cm³/mol. The van der Waals surface area contributed by atoms with Gasteiger partial charge in [-0.25, -0.2) is 4.79 Å². The maximum atomic E-state index is 13.3. The first kappa shape index (κ1) is 19.2. The summed E-state index contributed by atoms with van der Waals surface area (Å²) in [5.41, 5.74) is 3.61. The molecule has 3 amide bonds. The molecule has 2 aromatic carbocycles. The predicted octanol–water partition coefficient (Wildman–Crippen LogP) is 3.16. The topological polar surface area (TPSA) is 76.4 Å². The number of amides is 3. The highest BCUT2D eigenvalue weighted by atomic mass is 16.2. The summed E-state index contributed by atoms with van der Waals surface area (Å²) in [4.78, 5) is 29.6. The zero-order valence-electron chi connectivity index (χ0n) is 16.5. The summed E-state index contributed by atoms with van der Waals surface area (Å²) in [7, 11) is 0. The van der Waals surface area contributed by atoms with Crippen molar-refractivity contribution in [3.05, 3.63) is 70.8 Å². The minimum absolute atomic E-state index is 0.0937. The van der Waals surface area contributed by atoms with Gasteiger partial charge in [-0.15, -0.1) is 0 Å². The van der Waals surface area contributed by atoms with Crippen LogP contribution in [0.15, 0.2) is 48.5 Å². The van der Waals surface area contributed by atoms with E-state index in [1.165, 1.54) is 4.90 Å². The summed E-state index contributed by atoms with van der Waals surface area (Å²) in [6, 6.07) is 17.0. The standard InChI is InChI=1S/C23H24N4O2/c1-16-4-6-18(7-5-16)15-27-22(28)20-3-2-12-25-21(20)26(23(27)29)14-19-10-8-17(13-24)9-11-19/h4-11,20-21,25H,2-3,12,14-15H2,1H3. The summed E-state index contributed by atoms with van der Waals surface area (Å²) in [6.45, 7) is 3.49. The Morgan fingerprint density at radius 1 is 1.03 bits per heavy atom. The quantitative estimate of drug-likeness (QED) is 0.873. The first-order chi connectivity index (χ1) is 14.1. The van der Waals surface area contributed by atoms with E-state index in [0.717, 1.165) is 36.1 Å². The third-order valence-corrected chi connectivity index (χ3v) is 5.72. The van der Waals surface area contributed by atoms with E-state index < -0.39 is 0 Å². The average molecular weight is 388 g/mol. The Morgan fingerprint density at radius 2 is 1.69 bits per heavy atom. The number of aryl methyl sites for hydroxylation is 1. The lowest BCUT2D eigenvalue weighted by molar-refractivity contribution is -0.142. The van der Waals surface area contributed by atoms with Crippen molar-refractivity contribution in [2.24, 2.45) is 5.92 Å². The van der Waals surface area contributed by atoms with Crippen LogP contribution in [0.1, 0.15) is 35.1 Å². The summed E-state index contributed by atoms with van der Waals surface area (Å²) >= 11 is 0. The SMILES string of the molecule is Cc1ccc(CN2C(=O)C3CCCNC3N(Cc3ccc(C#N)cc3)C2=O)cc1. The lowest BCUT2D eigenvalue weighted by Gasteiger charge is -2.47. The molecule has 0 spiro atoms. The Hall–Kier alpha value is -3.17. The van der Waals surface area contributed by atoms with Gasteiger partial charge in [0.2, 0.25) is 5.91 Å². The molecule has 0 saturated carbocycles.